The summed E-state index contributed by atoms with van der Waals surface area (Å²) in [6, 6.07) is 5.34. The van der Waals surface area contributed by atoms with E-state index in [9.17, 15) is 8.78 Å². The van der Waals surface area contributed by atoms with Gasteiger partial charge in [-0.2, -0.15) is 0 Å². The molecule has 20 heavy (non-hydrogen) atoms. The molecule has 1 aromatic carbocycles. The summed E-state index contributed by atoms with van der Waals surface area (Å²) in [6.45, 7) is 0.537. The maximum Gasteiger partial charge on any atom is 0.127 e. The fourth-order valence-electron chi connectivity index (χ4n) is 3.83. The van der Waals surface area contributed by atoms with Crippen LogP contribution in [0.1, 0.15) is 37.7 Å². The fraction of sp³-hybridized carbons (Fsp3) is 0.625. The number of halogens is 2. The first-order valence-corrected chi connectivity index (χ1v) is 7.54. The van der Waals surface area contributed by atoms with Crippen molar-refractivity contribution in [3.05, 3.63) is 35.4 Å². The smallest absolute Gasteiger partial charge is 0.127 e. The Hall–Kier alpha value is -1.00. The van der Waals surface area contributed by atoms with Crippen LogP contribution in [-0.4, -0.2) is 30.1 Å². The Bertz CT molecular complexity index is 464. The minimum Gasteiger partial charge on any atom is -0.317 e. The topological polar surface area (TPSA) is 15.3 Å². The summed E-state index contributed by atoms with van der Waals surface area (Å²) in [5.41, 5.74) is 0.491. The SMILES string of the molecule is CNC1CC2CCCC(C1)N2Cc1cc(F)ccc1F. The van der Waals surface area contributed by atoms with Crippen LogP contribution in [0.5, 0.6) is 0 Å². The second kappa shape index (κ2) is 5.78. The molecule has 110 valence electrons. The van der Waals surface area contributed by atoms with Gasteiger partial charge in [-0.1, -0.05) is 6.42 Å². The van der Waals surface area contributed by atoms with E-state index >= 15 is 0 Å². The van der Waals surface area contributed by atoms with Crippen molar-refractivity contribution in [1.29, 1.82) is 0 Å². The Kier molecular flexibility index (Phi) is 4.03. The molecule has 2 fully saturated rings. The molecule has 2 aliphatic heterocycles. The normalized spacial score (nSPS) is 30.4. The van der Waals surface area contributed by atoms with E-state index in [4.69, 9.17) is 0 Å². The van der Waals surface area contributed by atoms with Crippen molar-refractivity contribution in [1.82, 2.24) is 10.2 Å². The van der Waals surface area contributed by atoms with E-state index in [1.807, 2.05) is 7.05 Å². The molecule has 0 aliphatic carbocycles. The third kappa shape index (κ3) is 2.72. The number of rotatable bonds is 3. The second-order valence-corrected chi connectivity index (χ2v) is 6.10. The van der Waals surface area contributed by atoms with Crippen LogP contribution in [-0.2, 0) is 6.54 Å². The van der Waals surface area contributed by atoms with Crippen molar-refractivity contribution >= 4 is 0 Å². The maximum absolute atomic E-state index is 13.8. The molecule has 2 bridgehead atoms. The summed E-state index contributed by atoms with van der Waals surface area (Å²) in [6.07, 6.45) is 5.83. The van der Waals surface area contributed by atoms with E-state index in [1.54, 1.807) is 0 Å². The van der Waals surface area contributed by atoms with Crippen molar-refractivity contribution in [3.8, 4) is 0 Å². The lowest BCUT2D eigenvalue weighted by Gasteiger charge is -2.49. The van der Waals surface area contributed by atoms with Crippen molar-refractivity contribution in [2.45, 2.75) is 56.8 Å². The summed E-state index contributed by atoms with van der Waals surface area (Å²) in [4.78, 5) is 2.40. The molecule has 0 spiro atoms. The summed E-state index contributed by atoms with van der Waals surface area (Å²) in [7, 11) is 2.02. The minimum atomic E-state index is -0.350. The number of benzene rings is 1. The molecule has 2 unspecified atom stereocenters. The average molecular weight is 280 g/mol. The van der Waals surface area contributed by atoms with Gasteiger partial charge in [0.25, 0.3) is 0 Å². The molecule has 2 atom stereocenters. The maximum atomic E-state index is 13.8. The molecule has 1 N–H and O–H groups in total. The molecule has 0 amide bonds. The van der Waals surface area contributed by atoms with Crippen molar-refractivity contribution in [2.24, 2.45) is 0 Å². The summed E-state index contributed by atoms with van der Waals surface area (Å²) in [5, 5.41) is 3.38. The van der Waals surface area contributed by atoms with Gasteiger partial charge in [0, 0.05) is 30.2 Å². The molecule has 3 rings (SSSR count). The van der Waals surface area contributed by atoms with Crippen LogP contribution in [0.15, 0.2) is 18.2 Å². The average Bonchev–Trinajstić information content (AvgIpc) is 2.42. The summed E-state index contributed by atoms with van der Waals surface area (Å²) in [5.74, 6) is -0.642. The molecule has 0 saturated carbocycles. The van der Waals surface area contributed by atoms with Crippen LogP contribution >= 0.6 is 0 Å². The molecular formula is C16H22F2N2. The first kappa shape index (κ1) is 14.0. The van der Waals surface area contributed by atoms with E-state index < -0.39 is 0 Å². The Balaban J connectivity index is 1.78. The van der Waals surface area contributed by atoms with Gasteiger partial charge in [-0.25, -0.2) is 8.78 Å². The largest absolute Gasteiger partial charge is 0.317 e. The Morgan fingerprint density at radius 3 is 2.55 bits per heavy atom. The van der Waals surface area contributed by atoms with E-state index in [1.165, 1.54) is 37.5 Å². The zero-order valence-corrected chi connectivity index (χ0v) is 11.9. The number of nitrogens with zero attached hydrogens (tertiary/aromatic N) is 1. The lowest BCUT2D eigenvalue weighted by atomic mass is 9.81. The van der Waals surface area contributed by atoms with Gasteiger partial charge < -0.3 is 5.32 Å². The highest BCUT2D eigenvalue weighted by Gasteiger charge is 2.37. The first-order chi connectivity index (χ1) is 9.67. The van der Waals surface area contributed by atoms with E-state index in [0.717, 1.165) is 12.8 Å². The van der Waals surface area contributed by atoms with Crippen LogP contribution in [0.4, 0.5) is 8.78 Å². The summed E-state index contributed by atoms with van der Waals surface area (Å²) < 4.78 is 27.2. The molecule has 2 nitrogen and oxygen atoms in total. The van der Waals surface area contributed by atoms with Gasteiger partial charge in [0.05, 0.1) is 0 Å². The Morgan fingerprint density at radius 1 is 1.20 bits per heavy atom. The van der Waals surface area contributed by atoms with Crippen LogP contribution in [0.3, 0.4) is 0 Å². The third-order valence-electron chi connectivity index (χ3n) is 4.89. The van der Waals surface area contributed by atoms with Crippen molar-refractivity contribution < 1.29 is 8.78 Å². The molecule has 4 heteroatoms. The van der Waals surface area contributed by atoms with E-state index in [2.05, 4.69) is 10.2 Å². The van der Waals surface area contributed by atoms with Crippen LogP contribution in [0.25, 0.3) is 0 Å². The van der Waals surface area contributed by atoms with Crippen LogP contribution < -0.4 is 5.32 Å². The van der Waals surface area contributed by atoms with E-state index in [0.29, 0.717) is 30.2 Å². The molecule has 1 aromatic rings. The highest BCUT2D eigenvalue weighted by Crippen LogP contribution is 2.35. The number of hydrogen-bond acceptors (Lipinski definition) is 2. The quantitative estimate of drug-likeness (QED) is 0.915. The third-order valence-corrected chi connectivity index (χ3v) is 4.89. The standard InChI is InChI=1S/C16H22F2N2/c1-19-13-8-14-3-2-4-15(9-13)20(14)10-11-7-12(17)5-6-16(11)18/h5-7,13-15,19H,2-4,8-10H2,1H3. The first-order valence-electron chi connectivity index (χ1n) is 7.54. The van der Waals surface area contributed by atoms with Gasteiger partial charge in [-0.15, -0.1) is 0 Å². The predicted octanol–water partition coefficient (Wildman–Crippen LogP) is 3.07. The fourth-order valence-corrected chi connectivity index (χ4v) is 3.83. The monoisotopic (exact) mass is 280 g/mol. The second-order valence-electron chi connectivity index (χ2n) is 6.10. The number of nitrogens with one attached hydrogen (secondary N) is 1. The molecule has 2 heterocycles. The highest BCUT2D eigenvalue weighted by atomic mass is 19.1. The van der Waals surface area contributed by atoms with Gasteiger partial charge in [-0.3, -0.25) is 4.90 Å². The van der Waals surface area contributed by atoms with Crippen LogP contribution in [0.2, 0.25) is 0 Å². The van der Waals surface area contributed by atoms with Gasteiger partial charge in [0.2, 0.25) is 0 Å². The number of piperidine rings is 2. The van der Waals surface area contributed by atoms with Crippen LogP contribution in [0, 0.1) is 11.6 Å². The molecule has 0 radical (unpaired) electrons. The van der Waals surface area contributed by atoms with E-state index in [-0.39, 0.29) is 11.6 Å². The predicted molar refractivity (Wildman–Crippen MR) is 75.4 cm³/mol. The van der Waals surface area contributed by atoms with Crippen molar-refractivity contribution in [3.63, 3.8) is 0 Å². The molecule has 2 saturated heterocycles. The zero-order chi connectivity index (χ0) is 14.1. The lowest BCUT2D eigenvalue weighted by molar-refractivity contribution is 0.0182. The summed E-state index contributed by atoms with van der Waals surface area (Å²) >= 11 is 0. The number of fused-ring (bicyclic) bond motifs is 2. The van der Waals surface area contributed by atoms with Gasteiger partial charge in [0.1, 0.15) is 11.6 Å². The van der Waals surface area contributed by atoms with Gasteiger partial charge in [0.15, 0.2) is 0 Å². The Labute approximate surface area is 119 Å². The number of hydrogen-bond donors (Lipinski definition) is 1. The molecular weight excluding hydrogens is 258 g/mol. The lowest BCUT2D eigenvalue weighted by Crippen LogP contribution is -2.55. The van der Waals surface area contributed by atoms with Crippen molar-refractivity contribution in [2.75, 3.05) is 7.05 Å². The minimum absolute atomic E-state index is 0.291. The van der Waals surface area contributed by atoms with Gasteiger partial charge in [-0.05, 0) is 50.9 Å². The molecule has 2 aliphatic rings. The zero-order valence-electron chi connectivity index (χ0n) is 11.9. The highest BCUT2D eigenvalue weighted by molar-refractivity contribution is 5.19. The van der Waals surface area contributed by atoms with Gasteiger partial charge >= 0.3 is 0 Å². The Morgan fingerprint density at radius 2 is 1.90 bits per heavy atom. The molecule has 0 aromatic heterocycles.